The third-order valence-electron chi connectivity index (χ3n) is 1.74. The molecule has 0 bridgehead atoms. The Hall–Kier alpha value is -1.36. The van der Waals surface area contributed by atoms with Crippen LogP contribution in [-0.4, -0.2) is 9.55 Å². The van der Waals surface area contributed by atoms with E-state index in [0.29, 0.717) is 12.2 Å². The van der Waals surface area contributed by atoms with Gasteiger partial charge < -0.3 is 10.7 Å². The van der Waals surface area contributed by atoms with Gasteiger partial charge in [-0.3, -0.25) is 9.36 Å². The first kappa shape index (κ1) is 9.73. The van der Waals surface area contributed by atoms with Crippen LogP contribution in [0.2, 0.25) is 0 Å². The van der Waals surface area contributed by atoms with Gasteiger partial charge in [0.1, 0.15) is 0 Å². The highest BCUT2D eigenvalue weighted by Gasteiger charge is 2.01. The molecular weight excluding hydrogens is 170 g/mol. The van der Waals surface area contributed by atoms with Crippen molar-refractivity contribution in [2.24, 2.45) is 5.73 Å². The summed E-state index contributed by atoms with van der Waals surface area (Å²) in [7, 11) is 0. The molecular formula is C8H13N3O2. The third kappa shape index (κ3) is 2.06. The predicted molar refractivity (Wildman–Crippen MR) is 49.5 cm³/mol. The first-order valence-electron chi connectivity index (χ1n) is 4.22. The van der Waals surface area contributed by atoms with E-state index in [2.05, 4.69) is 4.98 Å². The summed E-state index contributed by atoms with van der Waals surface area (Å²) < 4.78 is 1.17. The van der Waals surface area contributed by atoms with Crippen LogP contribution in [-0.2, 0) is 13.1 Å². The van der Waals surface area contributed by atoms with Gasteiger partial charge in [0.05, 0.1) is 0 Å². The average Bonchev–Trinajstić information content (AvgIpc) is 2.11. The monoisotopic (exact) mass is 183 g/mol. The van der Waals surface area contributed by atoms with Crippen LogP contribution in [0.1, 0.15) is 19.0 Å². The molecule has 0 saturated heterocycles. The largest absolute Gasteiger partial charge is 0.328 e. The topological polar surface area (TPSA) is 80.9 Å². The fraction of sp³-hybridized carbons (Fsp3) is 0.500. The number of hydrogen-bond donors (Lipinski definition) is 2. The van der Waals surface area contributed by atoms with Crippen molar-refractivity contribution in [2.75, 3.05) is 0 Å². The van der Waals surface area contributed by atoms with Gasteiger partial charge >= 0.3 is 5.69 Å². The molecule has 5 heteroatoms. The Kier molecular flexibility index (Phi) is 3.02. The summed E-state index contributed by atoms with van der Waals surface area (Å²) in [5, 5.41) is 0. The van der Waals surface area contributed by atoms with E-state index in [1.165, 1.54) is 10.6 Å². The Bertz CT molecular complexity index is 360. The lowest BCUT2D eigenvalue weighted by atomic mass is 10.4. The molecule has 0 fully saturated rings. The fourth-order valence-corrected chi connectivity index (χ4v) is 1.11. The van der Waals surface area contributed by atoms with E-state index >= 15 is 0 Å². The Balaban J connectivity index is 3.24. The maximum absolute atomic E-state index is 11.3. The first-order chi connectivity index (χ1) is 6.19. The second-order valence-electron chi connectivity index (χ2n) is 2.79. The Morgan fingerprint density at radius 3 is 2.69 bits per heavy atom. The van der Waals surface area contributed by atoms with E-state index < -0.39 is 0 Å². The van der Waals surface area contributed by atoms with Crippen LogP contribution in [0, 0.1) is 0 Å². The summed E-state index contributed by atoms with van der Waals surface area (Å²) in [4.78, 5) is 25.1. The number of rotatable bonds is 3. The lowest BCUT2D eigenvalue weighted by Crippen LogP contribution is -2.35. The number of nitrogens with two attached hydrogens (primary N) is 1. The highest BCUT2D eigenvalue weighted by atomic mass is 16.2. The minimum Gasteiger partial charge on any atom is -0.325 e. The van der Waals surface area contributed by atoms with Crippen LogP contribution >= 0.6 is 0 Å². The molecule has 72 valence electrons. The average molecular weight is 183 g/mol. The lowest BCUT2D eigenvalue weighted by molar-refractivity contribution is 0.609. The maximum Gasteiger partial charge on any atom is 0.328 e. The van der Waals surface area contributed by atoms with Gasteiger partial charge in [0.15, 0.2) is 0 Å². The molecule has 0 saturated carbocycles. The molecule has 0 aliphatic carbocycles. The van der Waals surface area contributed by atoms with Crippen molar-refractivity contribution in [1.29, 1.82) is 0 Å². The zero-order valence-electron chi connectivity index (χ0n) is 7.54. The molecule has 1 rings (SSSR count). The number of aromatic amines is 1. The normalized spacial score (nSPS) is 10.3. The fourth-order valence-electron chi connectivity index (χ4n) is 1.11. The van der Waals surface area contributed by atoms with Crippen molar-refractivity contribution in [1.82, 2.24) is 9.55 Å². The van der Waals surface area contributed by atoms with E-state index in [1.807, 2.05) is 6.92 Å². The van der Waals surface area contributed by atoms with E-state index in [4.69, 9.17) is 5.73 Å². The highest BCUT2D eigenvalue weighted by molar-refractivity contribution is 4.98. The molecule has 5 nitrogen and oxygen atoms in total. The van der Waals surface area contributed by atoms with Crippen LogP contribution in [0.25, 0.3) is 0 Å². The van der Waals surface area contributed by atoms with Crippen LogP contribution in [0.15, 0.2) is 15.7 Å². The Labute approximate surface area is 75.2 Å². The van der Waals surface area contributed by atoms with Gasteiger partial charge in [-0.05, 0) is 6.42 Å². The summed E-state index contributed by atoms with van der Waals surface area (Å²) in [6.07, 6.45) is 0.755. The quantitative estimate of drug-likeness (QED) is 0.657. The number of hydrogen-bond acceptors (Lipinski definition) is 3. The SMILES string of the molecule is CCCn1c(=O)cc(CN)[nH]c1=O. The zero-order chi connectivity index (χ0) is 9.84. The summed E-state index contributed by atoms with van der Waals surface area (Å²) in [6, 6.07) is 1.36. The molecule has 0 amide bonds. The van der Waals surface area contributed by atoms with E-state index in [0.717, 1.165) is 6.42 Å². The van der Waals surface area contributed by atoms with E-state index in [1.54, 1.807) is 0 Å². The van der Waals surface area contributed by atoms with Gasteiger partial charge in [0.25, 0.3) is 5.56 Å². The van der Waals surface area contributed by atoms with Gasteiger partial charge in [-0.25, -0.2) is 4.79 Å². The second kappa shape index (κ2) is 4.04. The minimum atomic E-state index is -0.380. The molecule has 1 heterocycles. The zero-order valence-corrected chi connectivity index (χ0v) is 7.54. The number of nitrogens with zero attached hydrogens (tertiary/aromatic N) is 1. The second-order valence-corrected chi connectivity index (χ2v) is 2.79. The van der Waals surface area contributed by atoms with Crippen molar-refractivity contribution < 1.29 is 0 Å². The smallest absolute Gasteiger partial charge is 0.325 e. The molecule has 0 aromatic carbocycles. The lowest BCUT2D eigenvalue weighted by Gasteiger charge is -2.02. The molecule has 0 aliphatic heterocycles. The van der Waals surface area contributed by atoms with Crippen LogP contribution in [0.5, 0.6) is 0 Å². The summed E-state index contributed by atoms with van der Waals surface area (Å²) in [5.74, 6) is 0. The Morgan fingerprint density at radius 1 is 1.54 bits per heavy atom. The van der Waals surface area contributed by atoms with Crippen molar-refractivity contribution in [3.8, 4) is 0 Å². The molecule has 0 unspecified atom stereocenters. The van der Waals surface area contributed by atoms with Crippen LogP contribution in [0.3, 0.4) is 0 Å². The van der Waals surface area contributed by atoms with E-state index in [9.17, 15) is 9.59 Å². The summed E-state index contributed by atoms with van der Waals surface area (Å²) in [5.41, 5.74) is 5.10. The van der Waals surface area contributed by atoms with Crippen LogP contribution in [0.4, 0.5) is 0 Å². The molecule has 0 radical (unpaired) electrons. The molecule has 3 N–H and O–H groups in total. The molecule has 0 aliphatic rings. The molecule has 0 atom stereocenters. The van der Waals surface area contributed by atoms with Crippen molar-refractivity contribution in [2.45, 2.75) is 26.4 Å². The molecule has 1 aromatic rings. The van der Waals surface area contributed by atoms with E-state index in [-0.39, 0.29) is 17.8 Å². The molecule has 0 spiro atoms. The van der Waals surface area contributed by atoms with Gasteiger partial charge in [0, 0.05) is 24.8 Å². The van der Waals surface area contributed by atoms with Crippen molar-refractivity contribution in [3.63, 3.8) is 0 Å². The highest BCUT2D eigenvalue weighted by Crippen LogP contribution is 1.83. The third-order valence-corrected chi connectivity index (χ3v) is 1.74. The summed E-state index contributed by atoms with van der Waals surface area (Å²) in [6.45, 7) is 2.53. The standard InChI is InChI=1S/C8H13N3O2/c1-2-3-11-7(12)4-6(5-9)10-8(11)13/h4H,2-3,5,9H2,1H3,(H,10,13). The predicted octanol–water partition coefficient (Wildman–Crippen LogP) is -0.595. The van der Waals surface area contributed by atoms with Gasteiger partial charge in [-0.1, -0.05) is 6.92 Å². The minimum absolute atomic E-state index is 0.178. The van der Waals surface area contributed by atoms with Crippen molar-refractivity contribution >= 4 is 0 Å². The van der Waals surface area contributed by atoms with Crippen LogP contribution < -0.4 is 17.0 Å². The number of H-pyrrole nitrogens is 1. The first-order valence-corrected chi connectivity index (χ1v) is 4.22. The number of nitrogens with one attached hydrogen (secondary N) is 1. The van der Waals surface area contributed by atoms with Crippen molar-refractivity contribution in [3.05, 3.63) is 32.6 Å². The molecule has 13 heavy (non-hydrogen) atoms. The van der Waals surface area contributed by atoms with Gasteiger partial charge in [0.2, 0.25) is 0 Å². The maximum atomic E-state index is 11.3. The number of aromatic nitrogens is 2. The summed E-state index contributed by atoms with van der Waals surface area (Å²) >= 11 is 0. The van der Waals surface area contributed by atoms with Gasteiger partial charge in [-0.15, -0.1) is 0 Å². The Morgan fingerprint density at radius 2 is 2.23 bits per heavy atom. The molecule has 1 aromatic heterocycles. The van der Waals surface area contributed by atoms with Gasteiger partial charge in [-0.2, -0.15) is 0 Å².